The lowest BCUT2D eigenvalue weighted by Gasteiger charge is -2.52. The monoisotopic (exact) mass is 1470 g/mol. The number of carboxylic acid groups (broad SMARTS) is 2. The second kappa shape index (κ2) is 35.1. The maximum atomic E-state index is 13.9. The molecule has 0 radical (unpaired) electrons. The largest absolute Gasteiger partial charge is 0.477 e. The van der Waals surface area contributed by atoms with Gasteiger partial charge in [-0.1, -0.05) is 0 Å². The van der Waals surface area contributed by atoms with E-state index in [0.29, 0.717) is 0 Å². The minimum atomic E-state index is -3.59. The van der Waals surface area contributed by atoms with Crippen LogP contribution in [0.1, 0.15) is 47.5 Å². The number of carbonyl (C=O) groups excluding carboxylic acids is 1. The fourth-order valence-corrected chi connectivity index (χ4v) is 12.5. The van der Waals surface area contributed by atoms with E-state index in [-0.39, 0.29) is 0 Å². The predicted molar refractivity (Wildman–Crippen MR) is 307 cm³/mol. The van der Waals surface area contributed by atoms with Crippen molar-refractivity contribution in [2.24, 2.45) is 0 Å². The topological polar surface area (TPSA) is 718 Å². The molecule has 41 atom stereocenters. The minimum Gasteiger partial charge on any atom is -0.477 e. The van der Waals surface area contributed by atoms with Crippen LogP contribution >= 0.6 is 0 Å². The van der Waals surface area contributed by atoms with Gasteiger partial charge in [-0.25, -0.2) is 9.59 Å². The number of rotatable bonds is 29. The van der Waals surface area contributed by atoms with Crippen LogP contribution in [-0.2, 0) is 80.7 Å². The summed E-state index contributed by atoms with van der Waals surface area (Å²) in [6, 6.07) is -2.02. The molecule has 0 aromatic rings. The Bertz CT molecular complexity index is 2600. The van der Waals surface area contributed by atoms with Gasteiger partial charge in [-0.15, -0.1) is 0 Å². The van der Waals surface area contributed by atoms with Gasteiger partial charge in [0.1, 0.15) is 165 Å². The molecule has 0 saturated carbocycles. The summed E-state index contributed by atoms with van der Waals surface area (Å²) >= 11 is 0. The first-order valence-electron chi connectivity index (χ1n) is 31.8. The summed E-state index contributed by atoms with van der Waals surface area (Å²) in [5.74, 6) is -12.6. The molecule has 7 heterocycles. The van der Waals surface area contributed by atoms with Gasteiger partial charge < -0.3 is 204 Å². The molecule has 0 spiro atoms. The van der Waals surface area contributed by atoms with E-state index >= 15 is 0 Å². The van der Waals surface area contributed by atoms with Crippen LogP contribution in [0, 0.1) is 0 Å². The molecule has 0 aromatic heterocycles. The third-order valence-corrected chi connectivity index (χ3v) is 18.5. The highest BCUT2D eigenvalue weighted by Crippen LogP contribution is 2.44. The molecule has 7 saturated heterocycles. The van der Waals surface area contributed by atoms with Crippen LogP contribution in [0.15, 0.2) is 0 Å². The summed E-state index contributed by atoms with van der Waals surface area (Å²) in [6.45, 7) is -1.22. The van der Waals surface area contributed by atoms with Gasteiger partial charge in [0.25, 0.3) is 11.6 Å². The van der Waals surface area contributed by atoms with Crippen molar-refractivity contribution >= 4 is 17.8 Å². The first-order valence-corrected chi connectivity index (χ1v) is 31.8. The number of ether oxygens (including phenoxy) is 14. The van der Waals surface area contributed by atoms with Crippen LogP contribution in [-0.4, -0.2) is 434 Å². The number of carbonyl (C=O) groups is 3. The van der Waals surface area contributed by atoms with Crippen LogP contribution < -0.4 is 5.32 Å². The smallest absolute Gasteiger partial charge is 0.364 e. The first kappa shape index (κ1) is 84.2. The summed E-state index contributed by atoms with van der Waals surface area (Å²) in [5, 5.41) is 288. The molecule has 7 aliphatic rings. The molecule has 27 N–H and O–H groups in total. The lowest BCUT2D eigenvalue weighted by Crippen LogP contribution is -2.70. The first-order chi connectivity index (χ1) is 46.7. The van der Waals surface area contributed by atoms with E-state index in [1.807, 2.05) is 0 Å². The molecule has 0 bridgehead atoms. The van der Waals surface area contributed by atoms with Gasteiger partial charge in [0.2, 0.25) is 5.91 Å². The number of hydrogen-bond donors (Lipinski definition) is 27. The average Bonchev–Trinajstić information content (AvgIpc) is 0.748. The molecule has 0 aliphatic carbocycles. The standard InChI is InChI=1S/C56H95NO43/c1-13-25(66)33(74)37(78)48(88-13)92-22-6-55(53(83)84,99-46(29(70)19(63)9-59)43(22)96-50-39(80)35(76)27(68)15(3)90-50)87-12-21(65)31(72)42(18(8-58)57-17(5)62)95-52-41(82)45(32(73)24(11-61)94-52)98-56(54(85)86)7-23(93-49-38(79)34(75)26(67)14(2)89-49)44(47(100-56)30(71)20(64)10-60)97-51-40(81)36(77)28(69)16(4)91-51/h13-16,18-52,58-61,63-82H,6-12H2,1-5H3,(H,57,62)(H,83,84)(H,85,86)/t13-,14-,15-,16-,18-,19+,20+,21+,22-,23-,24+,25+,26+,27+,28+,29+,30+,31-,32-,33+,34+,35+,36+,37-,38-,39-,40-,41+,42+,43+,44+,45-,46-,47-,48-,49-,50-,51-,52-,55+,56+/m0/s1. The molecular formula is C56H95NO43. The predicted octanol–water partition coefficient (Wildman–Crippen LogP) is -16.2. The van der Waals surface area contributed by atoms with Crippen LogP contribution in [0.5, 0.6) is 0 Å². The van der Waals surface area contributed by atoms with E-state index in [9.17, 15) is 147 Å². The zero-order chi connectivity index (χ0) is 74.8. The Morgan fingerprint density at radius 3 is 1.17 bits per heavy atom. The van der Waals surface area contributed by atoms with Crippen molar-refractivity contribution in [2.45, 2.75) is 298 Å². The van der Waals surface area contributed by atoms with Crippen molar-refractivity contribution in [2.75, 3.05) is 33.0 Å². The summed E-state index contributed by atoms with van der Waals surface area (Å²) in [7, 11) is 0. The average molecular weight is 1470 g/mol. The van der Waals surface area contributed by atoms with Gasteiger partial charge in [-0.3, -0.25) is 4.79 Å². The molecular weight excluding hydrogens is 1370 g/mol. The van der Waals surface area contributed by atoms with Gasteiger partial charge in [0.15, 0.2) is 31.5 Å². The SMILES string of the molecule is CC(=O)N[C@@H](CO)[C@@H](O[C@@H]1O[C@H](CO)[C@H](O)[C@H](O[C@]2(C(=O)O)C[C@H](O[C@@H]3O[C@@H](C)[C@@H](O)[C@@H](O)[C@@H]3O)[C@@H](O[C@@H]3O[C@@H](C)[C@@H](O)[C@@H](O)[C@@H]3O)[C@H]([C@H](O)[C@H](O)CO)O2)[C@H]1O)[C@@H](O)[C@H](O)CO[C@]1(C(=O)O)C[C@H](O[C@@H]2O[C@@H](C)[C@@H](O)[C@@H](O)[C@@H]2O)[C@@H](O[C@@H]2O[C@@H](C)[C@@H](O)[C@@H](O)[C@@H]2O)[C@H]([C@H](O)[C@H](O)CO)O1. The summed E-state index contributed by atoms with van der Waals surface area (Å²) < 4.78 is 81.1. The molecule has 100 heavy (non-hydrogen) atoms. The Morgan fingerprint density at radius 1 is 0.450 bits per heavy atom. The Morgan fingerprint density at radius 2 is 0.820 bits per heavy atom. The second-order valence-electron chi connectivity index (χ2n) is 25.7. The van der Waals surface area contributed by atoms with E-state index in [2.05, 4.69) is 5.32 Å². The van der Waals surface area contributed by atoms with Crippen LogP contribution in [0.2, 0.25) is 0 Å². The highest BCUT2D eigenvalue weighted by Gasteiger charge is 2.64. The van der Waals surface area contributed by atoms with Gasteiger partial charge in [0, 0.05) is 19.8 Å². The van der Waals surface area contributed by atoms with Crippen molar-refractivity contribution < 1.29 is 213 Å². The molecule has 7 fully saturated rings. The molecule has 44 heteroatoms. The molecule has 1 amide bonds. The van der Waals surface area contributed by atoms with Crippen LogP contribution in [0.4, 0.5) is 0 Å². The van der Waals surface area contributed by atoms with Gasteiger partial charge in [-0.05, 0) is 27.7 Å². The molecule has 7 aliphatic heterocycles. The van der Waals surface area contributed by atoms with Crippen LogP contribution in [0.25, 0.3) is 0 Å². The van der Waals surface area contributed by atoms with E-state index in [1.54, 1.807) is 0 Å². The lowest BCUT2D eigenvalue weighted by atomic mass is 9.89. The second-order valence-corrected chi connectivity index (χ2v) is 25.7. The van der Waals surface area contributed by atoms with Crippen molar-refractivity contribution in [3.05, 3.63) is 0 Å². The zero-order valence-electron chi connectivity index (χ0n) is 54.0. The Labute approximate surface area is 566 Å². The molecule has 0 unspecified atom stereocenters. The number of aliphatic hydroxyl groups is 24. The lowest BCUT2D eigenvalue weighted by molar-refractivity contribution is -0.406. The highest BCUT2D eigenvalue weighted by molar-refractivity contribution is 5.76. The van der Waals surface area contributed by atoms with E-state index < -0.39 is 314 Å². The van der Waals surface area contributed by atoms with Crippen molar-refractivity contribution in [1.82, 2.24) is 5.32 Å². The molecule has 44 nitrogen and oxygen atoms in total. The number of aliphatic hydroxyl groups excluding tert-OH is 24. The van der Waals surface area contributed by atoms with Crippen molar-refractivity contribution in [3.8, 4) is 0 Å². The Kier molecular flexibility index (Phi) is 29.5. The zero-order valence-corrected chi connectivity index (χ0v) is 54.0. The number of amides is 1. The summed E-state index contributed by atoms with van der Waals surface area (Å²) in [6.07, 6.45) is -84.8. The highest BCUT2D eigenvalue weighted by atomic mass is 16.8. The summed E-state index contributed by atoms with van der Waals surface area (Å²) in [4.78, 5) is 40.3. The van der Waals surface area contributed by atoms with E-state index in [1.165, 1.54) is 27.7 Å². The number of carboxylic acids is 2. The quantitative estimate of drug-likeness (QED) is 0.0331. The van der Waals surface area contributed by atoms with Crippen LogP contribution in [0.3, 0.4) is 0 Å². The molecule has 582 valence electrons. The maximum absolute atomic E-state index is 13.9. The third-order valence-electron chi connectivity index (χ3n) is 18.5. The maximum Gasteiger partial charge on any atom is 0.364 e. The Hall–Kier alpha value is -3.11. The van der Waals surface area contributed by atoms with Gasteiger partial charge in [0.05, 0.1) is 75.7 Å². The fraction of sp³-hybridized carbons (Fsp3) is 0.946. The van der Waals surface area contributed by atoms with Gasteiger partial charge in [-0.2, -0.15) is 0 Å². The molecule has 0 aromatic carbocycles. The number of hydrogen-bond acceptors (Lipinski definition) is 41. The third kappa shape index (κ3) is 17.9. The van der Waals surface area contributed by atoms with E-state index in [4.69, 9.17) is 66.3 Å². The summed E-state index contributed by atoms with van der Waals surface area (Å²) in [5.41, 5.74) is 0. The normalized spacial score (nSPS) is 46.8. The number of nitrogens with one attached hydrogen (secondary N) is 1. The number of aliphatic carboxylic acids is 2. The van der Waals surface area contributed by atoms with Crippen molar-refractivity contribution in [3.63, 3.8) is 0 Å². The minimum absolute atomic E-state index is 0.857. The van der Waals surface area contributed by atoms with Crippen molar-refractivity contribution in [1.29, 1.82) is 0 Å². The molecule has 7 rings (SSSR count). The fourth-order valence-electron chi connectivity index (χ4n) is 12.5. The van der Waals surface area contributed by atoms with E-state index in [0.717, 1.165) is 6.92 Å². The Balaban J connectivity index is 1.24. The van der Waals surface area contributed by atoms with Gasteiger partial charge >= 0.3 is 11.9 Å².